The molecular formula is C22H14Cl2F10N2O2. The SMILES string of the molecule is O=C(CNC(=O)c1ccc(C(F)=CC(c2cc(Cl)cc(Cl)c2)C(F)(F)F)cc1C(F)(F)F)NCC(F)(F)F. The summed E-state index contributed by atoms with van der Waals surface area (Å²) in [6, 6.07) is 3.89. The molecule has 0 heterocycles. The van der Waals surface area contributed by atoms with E-state index in [-0.39, 0.29) is 22.2 Å². The molecule has 2 rings (SSSR count). The standard InChI is InChI=1S/C22H14Cl2F10N2O2/c23-12-3-11(4-13(24)6-12)15(21(29,30)31)7-17(25)10-1-2-14(16(5-10)22(32,33)34)19(38)35-8-18(37)36-9-20(26,27)28/h1-7,15H,8-9H2,(H,35,38)(H,36,37). The molecule has 0 spiro atoms. The minimum Gasteiger partial charge on any atom is -0.345 e. The van der Waals surface area contributed by atoms with E-state index in [0.717, 1.165) is 18.2 Å². The third-order valence-electron chi connectivity index (χ3n) is 4.65. The Morgan fingerprint density at radius 2 is 1.45 bits per heavy atom. The summed E-state index contributed by atoms with van der Waals surface area (Å²) in [6.45, 7) is -2.88. The Kier molecular flexibility index (Phi) is 9.70. The Labute approximate surface area is 217 Å². The van der Waals surface area contributed by atoms with Crippen LogP contribution in [0.3, 0.4) is 0 Å². The van der Waals surface area contributed by atoms with Crippen LogP contribution in [-0.2, 0) is 11.0 Å². The van der Waals surface area contributed by atoms with E-state index < -0.39 is 77.4 Å². The van der Waals surface area contributed by atoms with Crippen LogP contribution in [0.2, 0.25) is 10.0 Å². The van der Waals surface area contributed by atoms with Crippen LogP contribution >= 0.6 is 23.2 Å². The lowest BCUT2D eigenvalue weighted by molar-refractivity contribution is -0.140. The van der Waals surface area contributed by atoms with Gasteiger partial charge in [0, 0.05) is 15.6 Å². The van der Waals surface area contributed by atoms with Gasteiger partial charge in [0.05, 0.1) is 17.7 Å². The van der Waals surface area contributed by atoms with Crippen molar-refractivity contribution in [1.29, 1.82) is 0 Å². The predicted octanol–water partition coefficient (Wildman–Crippen LogP) is 7.08. The van der Waals surface area contributed by atoms with Crippen LogP contribution in [-0.4, -0.2) is 37.3 Å². The molecule has 1 atom stereocenters. The zero-order chi connectivity index (χ0) is 29.1. The van der Waals surface area contributed by atoms with Crippen LogP contribution in [0.5, 0.6) is 0 Å². The number of nitrogens with one attached hydrogen (secondary N) is 2. The third kappa shape index (κ3) is 9.08. The summed E-state index contributed by atoms with van der Waals surface area (Å²) in [5.41, 5.74) is -4.51. The van der Waals surface area contributed by atoms with Crippen molar-refractivity contribution in [3.63, 3.8) is 0 Å². The molecule has 0 aliphatic heterocycles. The summed E-state index contributed by atoms with van der Waals surface area (Å²) < 4.78 is 133. The Hall–Kier alpha value is -3.00. The molecular weight excluding hydrogens is 585 g/mol. The molecule has 16 heteroatoms. The second-order valence-corrected chi connectivity index (χ2v) is 8.44. The molecule has 208 valence electrons. The number of carbonyl (C=O) groups is 2. The van der Waals surface area contributed by atoms with Gasteiger partial charge in [-0.2, -0.15) is 39.5 Å². The highest BCUT2D eigenvalue weighted by molar-refractivity contribution is 6.34. The van der Waals surface area contributed by atoms with E-state index in [4.69, 9.17) is 23.2 Å². The molecule has 2 N–H and O–H groups in total. The molecule has 2 aromatic carbocycles. The molecule has 0 aliphatic rings. The monoisotopic (exact) mass is 598 g/mol. The number of alkyl halides is 9. The van der Waals surface area contributed by atoms with Crippen molar-refractivity contribution in [3.05, 3.63) is 74.8 Å². The molecule has 0 bridgehead atoms. The second-order valence-electron chi connectivity index (χ2n) is 7.57. The average molecular weight is 599 g/mol. The maximum absolute atomic E-state index is 14.8. The largest absolute Gasteiger partial charge is 0.417 e. The fraction of sp³-hybridized carbons (Fsp3) is 0.273. The van der Waals surface area contributed by atoms with Crippen LogP contribution in [0.4, 0.5) is 43.9 Å². The summed E-state index contributed by atoms with van der Waals surface area (Å²) in [7, 11) is 0. The zero-order valence-electron chi connectivity index (χ0n) is 18.4. The molecule has 0 radical (unpaired) electrons. The summed E-state index contributed by atoms with van der Waals surface area (Å²) in [5.74, 6) is -7.31. The minimum atomic E-state index is -5.31. The van der Waals surface area contributed by atoms with Gasteiger partial charge in [0.15, 0.2) is 0 Å². The van der Waals surface area contributed by atoms with E-state index in [1.807, 2.05) is 0 Å². The Balaban J connectivity index is 2.39. The number of amides is 2. The first kappa shape index (κ1) is 31.2. The van der Waals surface area contributed by atoms with E-state index >= 15 is 0 Å². The first-order chi connectivity index (χ1) is 17.3. The first-order valence-corrected chi connectivity index (χ1v) is 10.8. The summed E-state index contributed by atoms with van der Waals surface area (Å²) in [6.07, 6.45) is -15.2. The van der Waals surface area contributed by atoms with Crippen LogP contribution in [0.25, 0.3) is 5.83 Å². The van der Waals surface area contributed by atoms with Gasteiger partial charge in [-0.05, 0) is 42.0 Å². The summed E-state index contributed by atoms with van der Waals surface area (Å²) >= 11 is 11.4. The first-order valence-electron chi connectivity index (χ1n) is 10.0. The molecule has 0 aliphatic carbocycles. The molecule has 0 saturated carbocycles. The number of hydrogen-bond acceptors (Lipinski definition) is 2. The summed E-state index contributed by atoms with van der Waals surface area (Å²) in [5, 5.41) is 2.64. The van der Waals surface area contributed by atoms with Crippen molar-refractivity contribution < 1.29 is 53.5 Å². The molecule has 2 aromatic rings. The van der Waals surface area contributed by atoms with Crippen LogP contribution in [0.15, 0.2) is 42.5 Å². The van der Waals surface area contributed by atoms with Crippen molar-refractivity contribution in [2.24, 2.45) is 0 Å². The van der Waals surface area contributed by atoms with E-state index in [1.54, 1.807) is 5.32 Å². The van der Waals surface area contributed by atoms with Crippen molar-refractivity contribution in [2.75, 3.05) is 13.1 Å². The Morgan fingerprint density at radius 3 is 1.95 bits per heavy atom. The minimum absolute atomic E-state index is 0.00219. The van der Waals surface area contributed by atoms with Crippen molar-refractivity contribution in [2.45, 2.75) is 24.4 Å². The smallest absolute Gasteiger partial charge is 0.345 e. The maximum atomic E-state index is 14.8. The predicted molar refractivity (Wildman–Crippen MR) is 117 cm³/mol. The second kappa shape index (κ2) is 11.8. The van der Waals surface area contributed by atoms with Gasteiger partial charge in [-0.1, -0.05) is 29.3 Å². The Morgan fingerprint density at radius 1 is 0.868 bits per heavy atom. The van der Waals surface area contributed by atoms with Gasteiger partial charge in [-0.25, -0.2) is 4.39 Å². The fourth-order valence-corrected chi connectivity index (χ4v) is 3.56. The van der Waals surface area contributed by atoms with E-state index in [0.29, 0.717) is 12.1 Å². The number of benzene rings is 2. The normalized spacial score (nSPS) is 13.7. The summed E-state index contributed by atoms with van der Waals surface area (Å²) in [4.78, 5) is 23.5. The van der Waals surface area contributed by atoms with Crippen molar-refractivity contribution in [3.8, 4) is 0 Å². The van der Waals surface area contributed by atoms with Crippen LogP contribution in [0.1, 0.15) is 33.0 Å². The van der Waals surface area contributed by atoms with Gasteiger partial charge in [0.25, 0.3) is 5.91 Å². The average Bonchev–Trinajstić information content (AvgIpc) is 2.76. The van der Waals surface area contributed by atoms with E-state index in [9.17, 15) is 53.5 Å². The van der Waals surface area contributed by atoms with Crippen molar-refractivity contribution >= 4 is 40.8 Å². The quantitative estimate of drug-likeness (QED) is 0.335. The van der Waals surface area contributed by atoms with E-state index in [2.05, 4.69) is 0 Å². The zero-order valence-corrected chi connectivity index (χ0v) is 19.9. The lowest BCUT2D eigenvalue weighted by Gasteiger charge is -2.19. The number of halogens is 12. The van der Waals surface area contributed by atoms with E-state index in [1.165, 1.54) is 5.32 Å². The van der Waals surface area contributed by atoms with Gasteiger partial charge in [-0.3, -0.25) is 9.59 Å². The highest BCUT2D eigenvalue weighted by atomic mass is 35.5. The molecule has 1 unspecified atom stereocenters. The van der Waals surface area contributed by atoms with Gasteiger partial charge in [-0.15, -0.1) is 0 Å². The molecule has 0 fully saturated rings. The topological polar surface area (TPSA) is 58.2 Å². The molecule has 4 nitrogen and oxygen atoms in total. The molecule has 2 amide bonds. The number of hydrogen-bond donors (Lipinski definition) is 2. The maximum Gasteiger partial charge on any atom is 0.417 e. The van der Waals surface area contributed by atoms with Gasteiger partial charge in [0.2, 0.25) is 5.91 Å². The van der Waals surface area contributed by atoms with Crippen LogP contribution < -0.4 is 10.6 Å². The highest BCUT2D eigenvalue weighted by Crippen LogP contribution is 2.41. The van der Waals surface area contributed by atoms with Gasteiger partial charge >= 0.3 is 18.5 Å². The molecule has 0 saturated heterocycles. The third-order valence-corrected chi connectivity index (χ3v) is 5.09. The van der Waals surface area contributed by atoms with Crippen LogP contribution in [0, 0.1) is 0 Å². The number of rotatable bonds is 7. The lowest BCUT2D eigenvalue weighted by Crippen LogP contribution is -2.41. The lowest BCUT2D eigenvalue weighted by atomic mass is 9.95. The Bertz CT molecular complexity index is 1200. The molecule has 38 heavy (non-hydrogen) atoms. The van der Waals surface area contributed by atoms with Gasteiger partial charge in [0.1, 0.15) is 18.3 Å². The number of allylic oxidation sites excluding steroid dienone is 1. The fourth-order valence-electron chi connectivity index (χ4n) is 3.02. The van der Waals surface area contributed by atoms with Gasteiger partial charge < -0.3 is 10.6 Å². The van der Waals surface area contributed by atoms with Crippen molar-refractivity contribution in [1.82, 2.24) is 10.6 Å². The highest BCUT2D eigenvalue weighted by Gasteiger charge is 2.41. The number of carbonyl (C=O) groups excluding carboxylic acids is 2. The molecule has 0 aromatic heterocycles.